The van der Waals surface area contributed by atoms with Gasteiger partial charge in [0, 0.05) is 12.6 Å². The number of benzene rings is 2. The van der Waals surface area contributed by atoms with Crippen molar-refractivity contribution in [1.29, 1.82) is 0 Å². The van der Waals surface area contributed by atoms with Crippen molar-refractivity contribution in [2.45, 2.75) is 19.0 Å². The van der Waals surface area contributed by atoms with Crippen molar-refractivity contribution >= 4 is 5.97 Å². The molecule has 0 saturated carbocycles. The number of hydrogen-bond donors (Lipinski definition) is 3. The molecule has 0 heterocycles. The molecule has 2 aromatic carbocycles. The fourth-order valence-electron chi connectivity index (χ4n) is 2.02. The van der Waals surface area contributed by atoms with Gasteiger partial charge in [-0.15, -0.1) is 0 Å². The molecule has 1 unspecified atom stereocenters. The van der Waals surface area contributed by atoms with Crippen molar-refractivity contribution in [3.05, 3.63) is 65.7 Å². The highest BCUT2D eigenvalue weighted by Gasteiger charge is 2.14. The Balaban J connectivity index is 2.04. The Morgan fingerprint density at radius 3 is 2.30 bits per heavy atom. The van der Waals surface area contributed by atoms with E-state index in [1.807, 2.05) is 42.5 Å². The minimum Gasteiger partial charge on any atom is -0.508 e. The van der Waals surface area contributed by atoms with Crippen molar-refractivity contribution in [3.63, 3.8) is 0 Å². The van der Waals surface area contributed by atoms with Crippen molar-refractivity contribution < 1.29 is 15.0 Å². The molecule has 0 spiro atoms. The number of carboxylic acids is 1. The smallest absolute Gasteiger partial charge is 0.305 e. The highest BCUT2D eigenvalue weighted by molar-refractivity contribution is 5.67. The summed E-state index contributed by atoms with van der Waals surface area (Å²) in [6, 6.07) is 16.1. The normalized spacial score (nSPS) is 12.0. The lowest BCUT2D eigenvalue weighted by atomic mass is 10.0. The van der Waals surface area contributed by atoms with Crippen molar-refractivity contribution in [1.82, 2.24) is 5.32 Å². The minimum atomic E-state index is -0.836. The van der Waals surface area contributed by atoms with Crippen LogP contribution in [-0.4, -0.2) is 16.2 Å². The zero-order valence-corrected chi connectivity index (χ0v) is 11.0. The number of carboxylic acid groups (broad SMARTS) is 1. The first-order valence-electron chi connectivity index (χ1n) is 6.43. The van der Waals surface area contributed by atoms with Gasteiger partial charge in [-0.1, -0.05) is 42.5 Å². The zero-order valence-electron chi connectivity index (χ0n) is 11.0. The molecular weight excluding hydrogens is 254 g/mol. The number of aliphatic carboxylic acids is 1. The van der Waals surface area contributed by atoms with E-state index >= 15 is 0 Å². The van der Waals surface area contributed by atoms with Gasteiger partial charge in [-0.25, -0.2) is 0 Å². The Kier molecular flexibility index (Phi) is 4.74. The average molecular weight is 271 g/mol. The number of hydrogen-bond acceptors (Lipinski definition) is 3. The van der Waals surface area contributed by atoms with E-state index in [1.54, 1.807) is 12.1 Å². The molecule has 2 aromatic rings. The van der Waals surface area contributed by atoms with E-state index in [-0.39, 0.29) is 18.2 Å². The Labute approximate surface area is 117 Å². The van der Waals surface area contributed by atoms with Crippen LogP contribution in [0.25, 0.3) is 0 Å². The number of nitrogens with one attached hydrogen (secondary N) is 1. The Morgan fingerprint density at radius 1 is 1.05 bits per heavy atom. The predicted molar refractivity (Wildman–Crippen MR) is 76.4 cm³/mol. The number of phenols is 1. The van der Waals surface area contributed by atoms with Crippen LogP contribution < -0.4 is 5.32 Å². The fraction of sp³-hybridized carbons (Fsp3) is 0.188. The van der Waals surface area contributed by atoms with Gasteiger partial charge in [0.2, 0.25) is 0 Å². The molecule has 3 N–H and O–H groups in total. The van der Waals surface area contributed by atoms with Crippen LogP contribution in [0.5, 0.6) is 5.75 Å². The minimum absolute atomic E-state index is 0.0299. The van der Waals surface area contributed by atoms with Gasteiger partial charge in [-0.3, -0.25) is 4.79 Å². The van der Waals surface area contributed by atoms with Gasteiger partial charge in [0.05, 0.1) is 6.42 Å². The maximum Gasteiger partial charge on any atom is 0.305 e. The standard InChI is InChI=1S/C16H17NO3/c18-14-8-6-12(7-9-14)11-17-15(10-16(19)20)13-4-2-1-3-5-13/h1-9,15,17-18H,10-11H2,(H,19,20). The number of aromatic hydroxyl groups is 1. The molecule has 0 radical (unpaired) electrons. The third-order valence-corrected chi connectivity index (χ3v) is 3.07. The van der Waals surface area contributed by atoms with Crippen LogP contribution in [0.15, 0.2) is 54.6 Å². The van der Waals surface area contributed by atoms with E-state index in [2.05, 4.69) is 5.32 Å². The fourth-order valence-corrected chi connectivity index (χ4v) is 2.02. The molecule has 2 rings (SSSR count). The maximum absolute atomic E-state index is 11.0. The van der Waals surface area contributed by atoms with E-state index in [4.69, 9.17) is 5.11 Å². The Morgan fingerprint density at radius 2 is 1.70 bits per heavy atom. The van der Waals surface area contributed by atoms with Crippen molar-refractivity contribution in [3.8, 4) is 5.75 Å². The van der Waals surface area contributed by atoms with E-state index < -0.39 is 5.97 Å². The summed E-state index contributed by atoms with van der Waals surface area (Å²) in [5, 5.41) is 21.5. The lowest BCUT2D eigenvalue weighted by Crippen LogP contribution is -2.23. The Bertz CT molecular complexity index is 552. The number of carbonyl (C=O) groups is 1. The molecule has 104 valence electrons. The topological polar surface area (TPSA) is 69.6 Å². The van der Waals surface area contributed by atoms with Crippen LogP contribution in [0, 0.1) is 0 Å². The van der Waals surface area contributed by atoms with Crippen molar-refractivity contribution in [2.24, 2.45) is 0 Å². The summed E-state index contributed by atoms with van der Waals surface area (Å²) in [6.45, 7) is 0.549. The molecule has 0 aromatic heterocycles. The lowest BCUT2D eigenvalue weighted by molar-refractivity contribution is -0.137. The van der Waals surface area contributed by atoms with Gasteiger partial charge in [0.1, 0.15) is 5.75 Å². The third kappa shape index (κ3) is 4.10. The van der Waals surface area contributed by atoms with Crippen LogP contribution in [-0.2, 0) is 11.3 Å². The largest absolute Gasteiger partial charge is 0.508 e. The van der Waals surface area contributed by atoms with Crippen LogP contribution in [0.2, 0.25) is 0 Å². The molecule has 4 nitrogen and oxygen atoms in total. The average Bonchev–Trinajstić information content (AvgIpc) is 2.46. The molecule has 20 heavy (non-hydrogen) atoms. The van der Waals surface area contributed by atoms with E-state index in [0.29, 0.717) is 6.54 Å². The number of phenolic OH excluding ortho intramolecular Hbond substituents is 1. The van der Waals surface area contributed by atoms with E-state index in [0.717, 1.165) is 11.1 Å². The molecule has 0 amide bonds. The SMILES string of the molecule is O=C(O)CC(NCc1ccc(O)cc1)c1ccccc1. The predicted octanol–water partition coefficient (Wildman–Crippen LogP) is 2.70. The molecule has 0 aliphatic carbocycles. The highest BCUT2D eigenvalue weighted by atomic mass is 16.4. The molecule has 0 aliphatic heterocycles. The molecule has 1 atom stereocenters. The quantitative estimate of drug-likeness (QED) is 0.755. The summed E-state index contributed by atoms with van der Waals surface area (Å²) >= 11 is 0. The van der Waals surface area contributed by atoms with Crippen LogP contribution in [0.1, 0.15) is 23.6 Å². The van der Waals surface area contributed by atoms with Gasteiger partial charge < -0.3 is 15.5 Å². The van der Waals surface area contributed by atoms with E-state index in [9.17, 15) is 9.90 Å². The molecule has 0 bridgehead atoms. The van der Waals surface area contributed by atoms with Crippen LogP contribution in [0.3, 0.4) is 0 Å². The first-order valence-corrected chi connectivity index (χ1v) is 6.43. The summed E-state index contributed by atoms with van der Waals surface area (Å²) in [4.78, 5) is 11.0. The van der Waals surface area contributed by atoms with Crippen molar-refractivity contribution in [2.75, 3.05) is 0 Å². The van der Waals surface area contributed by atoms with Gasteiger partial charge >= 0.3 is 5.97 Å². The molecule has 0 fully saturated rings. The zero-order chi connectivity index (χ0) is 14.4. The van der Waals surface area contributed by atoms with E-state index in [1.165, 1.54) is 0 Å². The summed E-state index contributed by atoms with van der Waals surface area (Å²) in [6.07, 6.45) is 0.0299. The molecule has 4 heteroatoms. The van der Waals surface area contributed by atoms with Crippen LogP contribution in [0.4, 0.5) is 0 Å². The number of rotatable bonds is 6. The Hall–Kier alpha value is -2.33. The molecule has 0 aliphatic rings. The highest BCUT2D eigenvalue weighted by Crippen LogP contribution is 2.18. The first-order chi connectivity index (χ1) is 9.65. The van der Waals surface area contributed by atoms with Gasteiger partial charge in [0.25, 0.3) is 0 Å². The summed E-state index contributed by atoms with van der Waals surface area (Å²) in [5.74, 6) is -0.615. The van der Waals surface area contributed by atoms with Gasteiger partial charge in [-0.2, -0.15) is 0 Å². The van der Waals surface area contributed by atoms with Gasteiger partial charge in [-0.05, 0) is 23.3 Å². The molecule has 0 saturated heterocycles. The monoisotopic (exact) mass is 271 g/mol. The maximum atomic E-state index is 11.0. The van der Waals surface area contributed by atoms with Crippen LogP contribution >= 0.6 is 0 Å². The lowest BCUT2D eigenvalue weighted by Gasteiger charge is -2.17. The second-order valence-corrected chi connectivity index (χ2v) is 4.61. The molecular formula is C16H17NO3. The van der Waals surface area contributed by atoms with Gasteiger partial charge in [0.15, 0.2) is 0 Å². The summed E-state index contributed by atoms with van der Waals surface area (Å²) in [5.41, 5.74) is 1.95. The second-order valence-electron chi connectivity index (χ2n) is 4.61. The summed E-state index contributed by atoms with van der Waals surface area (Å²) in [7, 11) is 0. The summed E-state index contributed by atoms with van der Waals surface area (Å²) < 4.78 is 0. The third-order valence-electron chi connectivity index (χ3n) is 3.07. The first kappa shape index (κ1) is 14.1. The second kappa shape index (κ2) is 6.73.